The van der Waals surface area contributed by atoms with Crippen LogP contribution in [0.25, 0.3) is 0 Å². The van der Waals surface area contributed by atoms with Crippen molar-refractivity contribution in [2.24, 2.45) is 5.92 Å². The highest BCUT2D eigenvalue weighted by atomic mass is 79.9. The molecule has 5 heteroatoms. The number of benzene rings is 1. The van der Waals surface area contributed by atoms with Gasteiger partial charge in [-0.1, -0.05) is 36.2 Å². The van der Waals surface area contributed by atoms with Crippen molar-refractivity contribution in [3.05, 3.63) is 34.1 Å². The topological polar surface area (TPSA) is 49.3 Å². The summed E-state index contributed by atoms with van der Waals surface area (Å²) in [5.41, 5.74) is -1.04. The van der Waals surface area contributed by atoms with Crippen LogP contribution >= 0.6 is 15.9 Å². The summed E-state index contributed by atoms with van der Waals surface area (Å²) in [5, 5.41) is 12.8. The molecule has 0 bridgehead atoms. The summed E-state index contributed by atoms with van der Waals surface area (Å²) in [6.07, 6.45) is 0.800. The van der Waals surface area contributed by atoms with Crippen molar-refractivity contribution in [3.63, 3.8) is 0 Å². The van der Waals surface area contributed by atoms with Gasteiger partial charge in [-0.3, -0.25) is 4.79 Å². The number of hydrogen-bond donors (Lipinski definition) is 2. The molecule has 3 nitrogen and oxygen atoms in total. The fraction of sp³-hybridized carbons (Fsp3) is 0.500. The van der Waals surface area contributed by atoms with Gasteiger partial charge in [0.1, 0.15) is 5.82 Å². The third-order valence-corrected chi connectivity index (χ3v) is 3.95. The Balaban J connectivity index is 2.73. The van der Waals surface area contributed by atoms with E-state index in [0.717, 1.165) is 6.42 Å². The third-order valence-electron chi connectivity index (χ3n) is 3.45. The van der Waals surface area contributed by atoms with E-state index in [9.17, 15) is 14.3 Å². The second-order valence-corrected chi connectivity index (χ2v) is 5.89. The van der Waals surface area contributed by atoms with Crippen molar-refractivity contribution in [3.8, 4) is 0 Å². The summed E-state index contributed by atoms with van der Waals surface area (Å²) in [6, 6.07) is 4.18. The van der Waals surface area contributed by atoms with Gasteiger partial charge in [0.15, 0.2) is 0 Å². The number of amides is 1. The van der Waals surface area contributed by atoms with Gasteiger partial charge in [-0.25, -0.2) is 4.39 Å². The first-order chi connectivity index (χ1) is 8.77. The van der Waals surface area contributed by atoms with Crippen LogP contribution in [0.4, 0.5) is 4.39 Å². The minimum Gasteiger partial charge on any atom is -0.388 e. The Hall–Kier alpha value is -0.940. The zero-order valence-electron chi connectivity index (χ0n) is 11.3. The Labute approximate surface area is 121 Å². The van der Waals surface area contributed by atoms with Crippen LogP contribution in [-0.4, -0.2) is 23.2 Å². The van der Waals surface area contributed by atoms with Gasteiger partial charge in [-0.2, -0.15) is 0 Å². The van der Waals surface area contributed by atoms with Crippen LogP contribution in [0.5, 0.6) is 0 Å². The van der Waals surface area contributed by atoms with Crippen LogP contribution in [0.2, 0.25) is 0 Å². The molecule has 0 aromatic heterocycles. The van der Waals surface area contributed by atoms with Crippen LogP contribution in [0, 0.1) is 11.7 Å². The molecule has 0 aliphatic heterocycles. The van der Waals surface area contributed by atoms with Gasteiger partial charge >= 0.3 is 0 Å². The fourth-order valence-electron chi connectivity index (χ4n) is 1.64. The number of hydrogen-bond acceptors (Lipinski definition) is 2. The van der Waals surface area contributed by atoms with Gasteiger partial charge in [0.25, 0.3) is 5.91 Å². The standard InChI is InChI=1S/C14H19BrFNO2/c1-4-9(2)14(3,19)8-17-13(18)11-7-10(15)5-6-12(11)16/h5-7,9,19H,4,8H2,1-3H3,(H,17,18). The third kappa shape index (κ3) is 4.28. The summed E-state index contributed by atoms with van der Waals surface area (Å²) < 4.78 is 14.2. The maximum absolute atomic E-state index is 13.5. The zero-order valence-corrected chi connectivity index (χ0v) is 12.9. The van der Waals surface area contributed by atoms with E-state index in [4.69, 9.17) is 0 Å². The Morgan fingerprint density at radius 1 is 1.58 bits per heavy atom. The van der Waals surface area contributed by atoms with Gasteiger partial charge in [-0.05, 0) is 31.0 Å². The molecule has 19 heavy (non-hydrogen) atoms. The number of carbonyl (C=O) groups excluding carboxylic acids is 1. The van der Waals surface area contributed by atoms with Crippen molar-refractivity contribution < 1.29 is 14.3 Å². The Bertz CT molecular complexity index is 463. The lowest BCUT2D eigenvalue weighted by molar-refractivity contribution is 0.00588. The number of nitrogens with one attached hydrogen (secondary N) is 1. The zero-order chi connectivity index (χ0) is 14.6. The minimum absolute atomic E-state index is 0.0330. The van der Waals surface area contributed by atoms with Crippen molar-refractivity contribution in [1.29, 1.82) is 0 Å². The van der Waals surface area contributed by atoms with E-state index in [-0.39, 0.29) is 18.0 Å². The molecule has 2 N–H and O–H groups in total. The fourth-order valence-corrected chi connectivity index (χ4v) is 2.00. The number of aliphatic hydroxyl groups is 1. The number of carbonyl (C=O) groups is 1. The molecule has 0 aliphatic carbocycles. The molecular formula is C14H19BrFNO2. The second-order valence-electron chi connectivity index (χ2n) is 4.97. The summed E-state index contributed by atoms with van der Waals surface area (Å²) in [5.74, 6) is -1.06. The highest BCUT2D eigenvalue weighted by Gasteiger charge is 2.27. The van der Waals surface area contributed by atoms with Crippen LogP contribution in [0.1, 0.15) is 37.6 Å². The molecule has 0 saturated heterocycles. The van der Waals surface area contributed by atoms with Gasteiger partial charge in [0.05, 0.1) is 11.2 Å². The van der Waals surface area contributed by atoms with E-state index >= 15 is 0 Å². The highest BCUT2D eigenvalue weighted by Crippen LogP contribution is 2.20. The summed E-state index contributed by atoms with van der Waals surface area (Å²) in [7, 11) is 0. The van der Waals surface area contributed by atoms with Crippen LogP contribution in [0.15, 0.2) is 22.7 Å². The van der Waals surface area contributed by atoms with E-state index in [1.165, 1.54) is 18.2 Å². The molecule has 0 aliphatic rings. The largest absolute Gasteiger partial charge is 0.388 e. The van der Waals surface area contributed by atoms with Crippen LogP contribution in [-0.2, 0) is 0 Å². The van der Waals surface area contributed by atoms with E-state index in [1.54, 1.807) is 6.92 Å². The normalized spacial score (nSPS) is 15.7. The molecule has 1 aromatic carbocycles. The van der Waals surface area contributed by atoms with Crippen LogP contribution in [0.3, 0.4) is 0 Å². The minimum atomic E-state index is -1.01. The Morgan fingerprint density at radius 2 is 2.21 bits per heavy atom. The molecule has 1 aromatic rings. The lowest BCUT2D eigenvalue weighted by Crippen LogP contribution is -2.45. The van der Waals surface area contributed by atoms with E-state index < -0.39 is 17.3 Å². The van der Waals surface area contributed by atoms with Crippen molar-refractivity contribution in [1.82, 2.24) is 5.32 Å². The first-order valence-corrected chi connectivity index (χ1v) is 7.03. The summed E-state index contributed by atoms with van der Waals surface area (Å²) in [4.78, 5) is 11.9. The maximum Gasteiger partial charge on any atom is 0.254 e. The van der Waals surface area contributed by atoms with Gasteiger partial charge in [-0.15, -0.1) is 0 Å². The van der Waals surface area contributed by atoms with E-state index in [1.807, 2.05) is 13.8 Å². The lowest BCUT2D eigenvalue weighted by atomic mass is 9.88. The monoisotopic (exact) mass is 331 g/mol. The predicted molar refractivity (Wildman–Crippen MR) is 76.5 cm³/mol. The lowest BCUT2D eigenvalue weighted by Gasteiger charge is -2.29. The van der Waals surface area contributed by atoms with Crippen LogP contribution < -0.4 is 5.32 Å². The van der Waals surface area contributed by atoms with Gasteiger partial charge in [0, 0.05) is 11.0 Å². The number of rotatable bonds is 5. The molecule has 106 valence electrons. The summed E-state index contributed by atoms with van der Waals surface area (Å²) >= 11 is 3.19. The average Bonchev–Trinajstić information content (AvgIpc) is 2.37. The Kier molecular flexibility index (Phi) is 5.50. The van der Waals surface area contributed by atoms with E-state index in [0.29, 0.717) is 4.47 Å². The molecular weight excluding hydrogens is 313 g/mol. The quantitative estimate of drug-likeness (QED) is 0.870. The van der Waals surface area contributed by atoms with Crippen molar-refractivity contribution in [2.45, 2.75) is 32.8 Å². The van der Waals surface area contributed by atoms with Gasteiger partial charge < -0.3 is 10.4 Å². The molecule has 0 saturated carbocycles. The molecule has 0 heterocycles. The predicted octanol–water partition coefficient (Wildman–Crippen LogP) is 3.12. The number of halogens is 2. The molecule has 1 rings (SSSR count). The average molecular weight is 332 g/mol. The van der Waals surface area contributed by atoms with Crippen molar-refractivity contribution >= 4 is 21.8 Å². The SMILES string of the molecule is CCC(C)C(C)(O)CNC(=O)c1cc(Br)ccc1F. The van der Waals surface area contributed by atoms with E-state index in [2.05, 4.69) is 21.2 Å². The molecule has 1 amide bonds. The van der Waals surface area contributed by atoms with Gasteiger partial charge in [0.2, 0.25) is 0 Å². The second kappa shape index (κ2) is 6.48. The molecule has 0 spiro atoms. The Morgan fingerprint density at radius 3 is 2.79 bits per heavy atom. The first kappa shape index (κ1) is 16.1. The molecule has 2 atom stereocenters. The molecule has 2 unspecified atom stereocenters. The first-order valence-electron chi connectivity index (χ1n) is 6.23. The van der Waals surface area contributed by atoms with Crippen molar-refractivity contribution in [2.75, 3.05) is 6.54 Å². The maximum atomic E-state index is 13.5. The molecule has 0 fully saturated rings. The molecule has 0 radical (unpaired) electrons. The summed E-state index contributed by atoms with van der Waals surface area (Å²) in [6.45, 7) is 5.63. The smallest absolute Gasteiger partial charge is 0.254 e. The highest BCUT2D eigenvalue weighted by molar-refractivity contribution is 9.10.